The van der Waals surface area contributed by atoms with Crippen LogP contribution in [0.25, 0.3) is 0 Å². The summed E-state index contributed by atoms with van der Waals surface area (Å²) in [5.74, 6) is 2.63. The van der Waals surface area contributed by atoms with Crippen molar-refractivity contribution in [2.24, 2.45) is 0 Å². The van der Waals surface area contributed by atoms with Crippen molar-refractivity contribution in [1.82, 2.24) is 10.0 Å². The molecule has 3 aromatic rings. The number of hydrogen-bond donors (Lipinski definition) is 0. The largest absolute Gasteiger partial charge is 0.470 e. The van der Waals surface area contributed by atoms with E-state index in [0.717, 1.165) is 30.4 Å². The van der Waals surface area contributed by atoms with Gasteiger partial charge in [-0.25, -0.2) is 4.98 Å². The van der Waals surface area contributed by atoms with E-state index in [2.05, 4.69) is 15.3 Å². The molecule has 1 fully saturated rings. The fourth-order valence-electron chi connectivity index (χ4n) is 2.78. The van der Waals surface area contributed by atoms with E-state index in [9.17, 15) is 0 Å². The van der Waals surface area contributed by atoms with Crippen molar-refractivity contribution < 1.29 is 9.57 Å². The predicted molar refractivity (Wildman–Crippen MR) is 99.0 cm³/mol. The lowest BCUT2D eigenvalue weighted by molar-refractivity contribution is -0.163. The molecule has 1 unspecified atom stereocenters. The van der Waals surface area contributed by atoms with Crippen molar-refractivity contribution in [1.29, 1.82) is 0 Å². The first-order valence-electron chi connectivity index (χ1n) is 8.23. The van der Waals surface area contributed by atoms with Gasteiger partial charge in [0.05, 0.1) is 18.6 Å². The van der Waals surface area contributed by atoms with E-state index in [-0.39, 0.29) is 6.23 Å². The number of thiazole rings is 1. The third kappa shape index (κ3) is 3.92. The standard InChI is InChI=1S/C19H19N3O2S/c1-3-7-16(8-4-1)23-19-13-21(18-14-25-15-20-18)11-12-22(19)24-17-9-5-2-6-10-17/h1-10,14-15,19H,11-13H2. The molecule has 2 aromatic carbocycles. The highest BCUT2D eigenvalue weighted by molar-refractivity contribution is 7.07. The molecule has 128 valence electrons. The molecule has 1 saturated heterocycles. The minimum Gasteiger partial charge on any atom is -0.470 e. The Morgan fingerprint density at radius 3 is 2.32 bits per heavy atom. The lowest BCUT2D eigenvalue weighted by atomic mass is 10.3. The summed E-state index contributed by atoms with van der Waals surface area (Å²) in [6.45, 7) is 2.25. The molecule has 0 aliphatic carbocycles. The van der Waals surface area contributed by atoms with Crippen LogP contribution in [0.3, 0.4) is 0 Å². The summed E-state index contributed by atoms with van der Waals surface area (Å²) < 4.78 is 6.20. The van der Waals surface area contributed by atoms with E-state index in [4.69, 9.17) is 9.57 Å². The molecule has 0 amide bonds. The molecule has 1 aliphatic rings. The van der Waals surface area contributed by atoms with E-state index in [1.807, 2.05) is 71.2 Å². The van der Waals surface area contributed by atoms with Crippen molar-refractivity contribution in [3.05, 3.63) is 71.6 Å². The van der Waals surface area contributed by atoms with Gasteiger partial charge in [0.25, 0.3) is 0 Å². The molecule has 5 nitrogen and oxygen atoms in total. The van der Waals surface area contributed by atoms with Crippen molar-refractivity contribution in [3.63, 3.8) is 0 Å². The molecule has 4 rings (SSSR count). The second kappa shape index (κ2) is 7.55. The molecule has 0 spiro atoms. The number of para-hydroxylation sites is 2. The molecule has 1 aliphatic heterocycles. The summed E-state index contributed by atoms with van der Waals surface area (Å²) in [5.41, 5.74) is 1.86. The predicted octanol–water partition coefficient (Wildman–Crippen LogP) is 3.66. The van der Waals surface area contributed by atoms with Gasteiger partial charge in [0, 0.05) is 11.9 Å². The highest BCUT2D eigenvalue weighted by atomic mass is 32.1. The lowest BCUT2D eigenvalue weighted by Gasteiger charge is -2.40. The normalized spacial score (nSPS) is 18.1. The van der Waals surface area contributed by atoms with Crippen molar-refractivity contribution in [2.75, 3.05) is 24.5 Å². The molecule has 6 heteroatoms. The zero-order chi connectivity index (χ0) is 16.9. The highest BCUT2D eigenvalue weighted by Gasteiger charge is 2.31. The van der Waals surface area contributed by atoms with E-state index in [0.29, 0.717) is 6.54 Å². The molecule has 2 heterocycles. The Morgan fingerprint density at radius 1 is 0.920 bits per heavy atom. The van der Waals surface area contributed by atoms with Gasteiger partial charge in [-0.15, -0.1) is 16.4 Å². The van der Waals surface area contributed by atoms with Crippen LogP contribution in [-0.4, -0.2) is 35.9 Å². The molecule has 0 N–H and O–H groups in total. The van der Waals surface area contributed by atoms with Crippen LogP contribution in [0.1, 0.15) is 0 Å². The van der Waals surface area contributed by atoms with Gasteiger partial charge < -0.3 is 14.5 Å². The Kier molecular flexibility index (Phi) is 4.81. The minimum atomic E-state index is -0.224. The smallest absolute Gasteiger partial charge is 0.201 e. The van der Waals surface area contributed by atoms with Crippen LogP contribution < -0.4 is 14.5 Å². The number of hydroxylamine groups is 2. The van der Waals surface area contributed by atoms with Crippen LogP contribution in [0.4, 0.5) is 5.82 Å². The SMILES string of the molecule is c1ccc(OC2CN(c3cscn3)CCN2Oc2ccccc2)cc1. The molecular formula is C19H19N3O2S. The quantitative estimate of drug-likeness (QED) is 0.700. The molecule has 25 heavy (non-hydrogen) atoms. The summed E-state index contributed by atoms with van der Waals surface area (Å²) in [4.78, 5) is 12.7. The van der Waals surface area contributed by atoms with Gasteiger partial charge in [-0.1, -0.05) is 36.4 Å². The maximum absolute atomic E-state index is 6.20. The third-order valence-corrected chi connectivity index (χ3v) is 4.59. The van der Waals surface area contributed by atoms with Crippen molar-refractivity contribution in [2.45, 2.75) is 6.23 Å². The zero-order valence-corrected chi connectivity index (χ0v) is 14.5. The lowest BCUT2D eigenvalue weighted by Crippen LogP contribution is -2.57. The summed E-state index contributed by atoms with van der Waals surface area (Å²) in [6.07, 6.45) is -0.224. The Morgan fingerprint density at radius 2 is 1.64 bits per heavy atom. The second-order valence-corrected chi connectivity index (χ2v) is 6.44. The Hall–Kier alpha value is -2.57. The monoisotopic (exact) mass is 353 g/mol. The first-order chi connectivity index (χ1) is 12.4. The van der Waals surface area contributed by atoms with Crippen molar-refractivity contribution >= 4 is 17.2 Å². The number of benzene rings is 2. The number of hydrogen-bond acceptors (Lipinski definition) is 6. The van der Waals surface area contributed by atoms with Crippen LogP contribution in [0.5, 0.6) is 11.5 Å². The summed E-state index contributed by atoms with van der Waals surface area (Å²) >= 11 is 1.60. The van der Waals surface area contributed by atoms with E-state index >= 15 is 0 Å². The zero-order valence-electron chi connectivity index (χ0n) is 13.7. The van der Waals surface area contributed by atoms with Crippen LogP contribution >= 0.6 is 11.3 Å². The maximum atomic E-state index is 6.20. The van der Waals surface area contributed by atoms with Gasteiger partial charge in [-0.2, -0.15) is 0 Å². The summed E-state index contributed by atoms with van der Waals surface area (Å²) in [5, 5.41) is 3.97. The van der Waals surface area contributed by atoms with E-state index < -0.39 is 0 Å². The molecule has 0 saturated carbocycles. The van der Waals surface area contributed by atoms with Crippen LogP contribution in [-0.2, 0) is 0 Å². The Balaban J connectivity index is 1.52. The third-order valence-electron chi connectivity index (χ3n) is 4.01. The van der Waals surface area contributed by atoms with Gasteiger partial charge in [0.15, 0.2) is 0 Å². The number of rotatable bonds is 5. The first kappa shape index (κ1) is 15.9. The van der Waals surface area contributed by atoms with Gasteiger partial charge in [0.1, 0.15) is 17.3 Å². The molecule has 0 radical (unpaired) electrons. The van der Waals surface area contributed by atoms with Gasteiger partial charge in [0.2, 0.25) is 6.23 Å². The van der Waals surface area contributed by atoms with E-state index in [1.54, 1.807) is 11.3 Å². The Bertz CT molecular complexity index is 768. The summed E-state index contributed by atoms with van der Waals surface area (Å²) in [6, 6.07) is 19.7. The van der Waals surface area contributed by atoms with Crippen LogP contribution in [0, 0.1) is 0 Å². The average Bonchev–Trinajstić information content (AvgIpc) is 3.20. The number of piperazine rings is 1. The maximum Gasteiger partial charge on any atom is 0.201 e. The number of aromatic nitrogens is 1. The van der Waals surface area contributed by atoms with Gasteiger partial charge in [-0.3, -0.25) is 0 Å². The first-order valence-corrected chi connectivity index (χ1v) is 9.17. The van der Waals surface area contributed by atoms with E-state index in [1.165, 1.54) is 0 Å². The van der Waals surface area contributed by atoms with Crippen LogP contribution in [0.15, 0.2) is 71.6 Å². The fourth-order valence-corrected chi connectivity index (χ4v) is 3.34. The van der Waals surface area contributed by atoms with Gasteiger partial charge in [-0.05, 0) is 24.3 Å². The number of ether oxygens (including phenoxy) is 1. The van der Waals surface area contributed by atoms with Crippen molar-refractivity contribution in [3.8, 4) is 11.5 Å². The van der Waals surface area contributed by atoms with Crippen LogP contribution in [0.2, 0.25) is 0 Å². The second-order valence-electron chi connectivity index (χ2n) is 5.72. The number of anilines is 1. The Labute approximate surface area is 151 Å². The topological polar surface area (TPSA) is 37.8 Å². The highest BCUT2D eigenvalue weighted by Crippen LogP contribution is 2.23. The average molecular weight is 353 g/mol. The fraction of sp³-hybridized carbons (Fsp3) is 0.211. The molecule has 0 bridgehead atoms. The molecular weight excluding hydrogens is 334 g/mol. The summed E-state index contributed by atoms with van der Waals surface area (Å²) in [7, 11) is 0. The van der Waals surface area contributed by atoms with Gasteiger partial charge >= 0.3 is 0 Å². The molecule has 1 aromatic heterocycles. The number of nitrogens with zero attached hydrogens (tertiary/aromatic N) is 3. The minimum absolute atomic E-state index is 0.224. The molecule has 1 atom stereocenters.